The second-order valence-corrected chi connectivity index (χ2v) is 10.9. The van der Waals surface area contributed by atoms with Gasteiger partial charge in [-0.3, -0.25) is 14.5 Å². The molecule has 0 saturated carbocycles. The van der Waals surface area contributed by atoms with E-state index < -0.39 is 18.1 Å². The zero-order valence-corrected chi connectivity index (χ0v) is 23.6. The first-order chi connectivity index (χ1) is 21.0. The van der Waals surface area contributed by atoms with Gasteiger partial charge in [0.15, 0.2) is 0 Å². The predicted octanol–water partition coefficient (Wildman–Crippen LogP) is 5.63. The Bertz CT molecular complexity index is 1850. The van der Waals surface area contributed by atoms with Crippen molar-refractivity contribution >= 4 is 34.4 Å². The van der Waals surface area contributed by atoms with Gasteiger partial charge in [0.1, 0.15) is 17.8 Å². The van der Waals surface area contributed by atoms with Crippen LogP contribution in [0.5, 0.6) is 5.75 Å². The minimum atomic E-state index is -0.670. The van der Waals surface area contributed by atoms with Gasteiger partial charge in [-0.2, -0.15) is 0 Å². The molecule has 2 aliphatic rings. The van der Waals surface area contributed by atoms with E-state index in [1.807, 2.05) is 78.9 Å². The van der Waals surface area contributed by atoms with E-state index in [-0.39, 0.29) is 11.8 Å². The predicted molar refractivity (Wildman–Crippen MR) is 164 cm³/mol. The summed E-state index contributed by atoms with van der Waals surface area (Å²) in [5.74, 6) is 0.182. The number of ether oxygens (including phenoxy) is 1. The van der Waals surface area contributed by atoms with Crippen molar-refractivity contribution in [3.63, 3.8) is 0 Å². The number of methoxy groups -OCH3 is 1. The Hall–Kier alpha value is -5.37. The van der Waals surface area contributed by atoms with Gasteiger partial charge >= 0.3 is 6.03 Å². The number of urea groups is 1. The average molecular weight is 571 g/mol. The SMILES string of the molecule is COc1cccc([C@@H]2c3[nH]c4ccccc4c3C[C@H]3C(=O)N(c4ccc(C(=O)NCCc5ccccc5)cc4)C(=O)N23)c1. The number of amides is 4. The van der Waals surface area contributed by atoms with Crippen LogP contribution >= 0.6 is 0 Å². The number of hydrogen-bond acceptors (Lipinski definition) is 4. The van der Waals surface area contributed by atoms with Crippen LogP contribution in [-0.2, 0) is 17.6 Å². The molecule has 1 saturated heterocycles. The van der Waals surface area contributed by atoms with E-state index in [9.17, 15) is 14.4 Å². The summed E-state index contributed by atoms with van der Waals surface area (Å²) in [6.45, 7) is 0.505. The standard InChI is InChI=1S/C35H30N4O4/c1-43-26-11-7-10-24(20-26)32-31-28(27-12-5-6-13-29(27)37-31)21-30-34(41)38(35(42)39(30)32)25-16-14-23(15-17-25)33(40)36-19-18-22-8-3-2-4-9-22/h2-17,20,30,32,37H,18-19,21H2,1H3,(H,36,40)/t30-,32+/m0/s1. The number of imide groups is 1. The van der Waals surface area contributed by atoms with Crippen molar-refractivity contribution in [2.75, 3.05) is 18.6 Å². The molecule has 4 aromatic carbocycles. The number of para-hydroxylation sites is 1. The molecule has 1 aromatic heterocycles. The van der Waals surface area contributed by atoms with E-state index in [0.717, 1.165) is 39.7 Å². The molecule has 0 unspecified atom stereocenters. The summed E-state index contributed by atoms with van der Waals surface area (Å²) in [6.07, 6.45) is 1.13. The number of aromatic nitrogens is 1. The van der Waals surface area contributed by atoms with Crippen molar-refractivity contribution in [3.05, 3.63) is 131 Å². The summed E-state index contributed by atoms with van der Waals surface area (Å²) >= 11 is 0. The molecule has 5 aromatic rings. The molecular formula is C35H30N4O4. The number of carbonyl (C=O) groups is 3. The Morgan fingerprint density at radius 3 is 2.49 bits per heavy atom. The molecule has 0 radical (unpaired) electrons. The molecule has 1 fully saturated rings. The van der Waals surface area contributed by atoms with Gasteiger partial charge in [-0.05, 0) is 65.6 Å². The largest absolute Gasteiger partial charge is 0.497 e. The average Bonchev–Trinajstić information content (AvgIpc) is 3.54. The third kappa shape index (κ3) is 4.61. The fourth-order valence-electron chi connectivity index (χ4n) is 6.30. The van der Waals surface area contributed by atoms with Crippen LogP contribution in [-0.4, -0.2) is 47.4 Å². The molecule has 0 aliphatic carbocycles. The van der Waals surface area contributed by atoms with Crippen molar-refractivity contribution < 1.29 is 19.1 Å². The third-order valence-corrected chi connectivity index (χ3v) is 8.39. The number of rotatable bonds is 7. The van der Waals surface area contributed by atoms with Crippen LogP contribution in [0.25, 0.3) is 10.9 Å². The van der Waals surface area contributed by atoms with Crippen LogP contribution in [0.1, 0.15) is 38.8 Å². The summed E-state index contributed by atoms with van der Waals surface area (Å²) in [4.78, 5) is 47.3. The second kappa shape index (κ2) is 10.8. The van der Waals surface area contributed by atoms with Crippen molar-refractivity contribution in [1.29, 1.82) is 0 Å². The lowest BCUT2D eigenvalue weighted by Crippen LogP contribution is -2.44. The van der Waals surface area contributed by atoms with E-state index in [0.29, 0.717) is 30.0 Å². The van der Waals surface area contributed by atoms with E-state index in [4.69, 9.17) is 4.74 Å². The van der Waals surface area contributed by atoms with E-state index in [1.54, 1.807) is 36.3 Å². The number of hydrogen-bond donors (Lipinski definition) is 2. The fraction of sp³-hybridized carbons (Fsp3) is 0.171. The quantitative estimate of drug-likeness (QED) is 0.248. The molecule has 2 aliphatic heterocycles. The second-order valence-electron chi connectivity index (χ2n) is 10.9. The smallest absolute Gasteiger partial charge is 0.332 e. The van der Waals surface area contributed by atoms with Crippen molar-refractivity contribution in [1.82, 2.24) is 15.2 Å². The van der Waals surface area contributed by atoms with Gasteiger partial charge in [-0.25, -0.2) is 9.69 Å². The lowest BCUT2D eigenvalue weighted by Gasteiger charge is -2.36. The lowest BCUT2D eigenvalue weighted by molar-refractivity contribution is -0.120. The molecule has 43 heavy (non-hydrogen) atoms. The maximum atomic E-state index is 14.1. The topological polar surface area (TPSA) is 94.7 Å². The summed E-state index contributed by atoms with van der Waals surface area (Å²) in [7, 11) is 1.61. The number of H-pyrrole nitrogens is 1. The summed E-state index contributed by atoms with van der Waals surface area (Å²) in [5, 5.41) is 3.99. The van der Waals surface area contributed by atoms with Crippen LogP contribution in [0.2, 0.25) is 0 Å². The maximum absolute atomic E-state index is 14.1. The number of nitrogens with zero attached hydrogens (tertiary/aromatic N) is 2. The molecule has 0 spiro atoms. The first kappa shape index (κ1) is 26.5. The van der Waals surface area contributed by atoms with Crippen LogP contribution < -0.4 is 15.0 Å². The highest BCUT2D eigenvalue weighted by atomic mass is 16.5. The molecule has 3 heterocycles. The summed E-state index contributed by atoms with van der Waals surface area (Å²) in [6, 6.07) is 30.6. The van der Waals surface area contributed by atoms with E-state index in [2.05, 4.69) is 10.3 Å². The Labute approximate surface area is 248 Å². The zero-order chi connectivity index (χ0) is 29.5. The van der Waals surface area contributed by atoms with Gasteiger partial charge in [0, 0.05) is 35.1 Å². The van der Waals surface area contributed by atoms with Gasteiger partial charge in [0.05, 0.1) is 12.8 Å². The van der Waals surface area contributed by atoms with Crippen molar-refractivity contribution in [2.24, 2.45) is 0 Å². The van der Waals surface area contributed by atoms with Crippen LogP contribution in [0.15, 0.2) is 103 Å². The van der Waals surface area contributed by atoms with Gasteiger partial charge in [-0.1, -0.05) is 60.7 Å². The number of benzene rings is 4. The Kier molecular flexibility index (Phi) is 6.66. The maximum Gasteiger partial charge on any atom is 0.332 e. The Morgan fingerprint density at radius 2 is 1.70 bits per heavy atom. The summed E-state index contributed by atoms with van der Waals surface area (Å²) < 4.78 is 5.50. The lowest BCUT2D eigenvalue weighted by atomic mass is 9.89. The minimum Gasteiger partial charge on any atom is -0.497 e. The molecule has 2 N–H and O–H groups in total. The Balaban J connectivity index is 1.18. The number of anilines is 1. The number of fused-ring (bicyclic) bond motifs is 4. The highest BCUT2D eigenvalue weighted by Crippen LogP contribution is 2.45. The van der Waals surface area contributed by atoms with Gasteiger partial charge in [-0.15, -0.1) is 0 Å². The minimum absolute atomic E-state index is 0.206. The molecule has 214 valence electrons. The number of carbonyl (C=O) groups excluding carboxylic acids is 3. The normalized spacial score (nSPS) is 17.6. The monoisotopic (exact) mass is 570 g/mol. The molecule has 2 atom stereocenters. The number of aromatic amines is 1. The van der Waals surface area contributed by atoms with Gasteiger partial charge < -0.3 is 15.0 Å². The summed E-state index contributed by atoms with van der Waals surface area (Å²) in [5.41, 5.74) is 5.80. The molecule has 8 nitrogen and oxygen atoms in total. The molecule has 4 amide bonds. The van der Waals surface area contributed by atoms with Crippen LogP contribution in [0.4, 0.5) is 10.5 Å². The fourth-order valence-corrected chi connectivity index (χ4v) is 6.30. The van der Waals surface area contributed by atoms with Crippen LogP contribution in [0.3, 0.4) is 0 Å². The van der Waals surface area contributed by atoms with Crippen molar-refractivity contribution in [3.8, 4) is 5.75 Å². The zero-order valence-electron chi connectivity index (χ0n) is 23.6. The highest BCUT2D eigenvalue weighted by Gasteiger charge is 2.53. The Morgan fingerprint density at radius 1 is 0.930 bits per heavy atom. The first-order valence-corrected chi connectivity index (χ1v) is 14.4. The molecule has 0 bridgehead atoms. The molecule has 7 rings (SSSR count). The molecule has 8 heteroatoms. The van der Waals surface area contributed by atoms with Crippen LogP contribution in [0, 0.1) is 0 Å². The van der Waals surface area contributed by atoms with Crippen molar-refractivity contribution in [2.45, 2.75) is 24.9 Å². The first-order valence-electron chi connectivity index (χ1n) is 14.4. The van der Waals surface area contributed by atoms with Gasteiger partial charge in [0.2, 0.25) is 0 Å². The van der Waals surface area contributed by atoms with E-state index in [1.165, 1.54) is 4.90 Å². The molecular weight excluding hydrogens is 540 g/mol. The highest BCUT2D eigenvalue weighted by molar-refractivity contribution is 6.22. The third-order valence-electron chi connectivity index (χ3n) is 8.39. The number of nitrogens with one attached hydrogen (secondary N) is 2. The van der Waals surface area contributed by atoms with E-state index >= 15 is 0 Å². The van der Waals surface area contributed by atoms with Gasteiger partial charge in [0.25, 0.3) is 11.8 Å².